The molecule has 5 nitrogen and oxygen atoms in total. The molecule has 0 bridgehead atoms. The van der Waals surface area contributed by atoms with E-state index in [9.17, 15) is 14.7 Å². The molecule has 0 radical (unpaired) electrons. The van der Waals surface area contributed by atoms with E-state index < -0.39 is 17.4 Å². The van der Waals surface area contributed by atoms with Gasteiger partial charge in [0.1, 0.15) is 0 Å². The van der Waals surface area contributed by atoms with Crippen LogP contribution in [0.25, 0.3) is 0 Å². The average molecular weight is 324 g/mol. The average Bonchev–Trinajstić information content (AvgIpc) is 2.51. The highest BCUT2D eigenvalue weighted by atomic mass is 32.2. The Bertz CT molecular complexity index is 491. The van der Waals surface area contributed by atoms with Gasteiger partial charge in [-0.25, -0.2) is 0 Å². The van der Waals surface area contributed by atoms with Crippen LogP contribution in [0.5, 0.6) is 0 Å². The molecule has 2 unspecified atom stereocenters. The molecule has 0 saturated heterocycles. The molecule has 122 valence electrons. The van der Waals surface area contributed by atoms with Crippen LogP contribution in [0, 0.1) is 0 Å². The summed E-state index contributed by atoms with van der Waals surface area (Å²) in [6, 6.07) is 9.16. The summed E-state index contributed by atoms with van der Waals surface area (Å²) in [5, 5.41) is 15.2. The van der Waals surface area contributed by atoms with E-state index in [2.05, 4.69) is 10.6 Å². The van der Waals surface area contributed by atoms with Gasteiger partial charge in [0.15, 0.2) is 0 Å². The van der Waals surface area contributed by atoms with Crippen LogP contribution in [-0.4, -0.2) is 41.1 Å². The van der Waals surface area contributed by atoms with E-state index in [1.54, 1.807) is 18.7 Å². The summed E-state index contributed by atoms with van der Waals surface area (Å²) in [7, 11) is 0. The third kappa shape index (κ3) is 6.49. The van der Waals surface area contributed by atoms with E-state index >= 15 is 0 Å². The second-order valence-electron chi connectivity index (χ2n) is 5.53. The molecule has 0 fully saturated rings. The fourth-order valence-electron chi connectivity index (χ4n) is 1.85. The van der Waals surface area contributed by atoms with Crippen molar-refractivity contribution < 1.29 is 14.7 Å². The quantitative estimate of drug-likeness (QED) is 0.664. The molecule has 22 heavy (non-hydrogen) atoms. The Labute approximate surface area is 135 Å². The summed E-state index contributed by atoms with van der Waals surface area (Å²) >= 11 is 1.62. The molecule has 0 aliphatic rings. The number of carbonyl (C=O) groups is 2. The van der Waals surface area contributed by atoms with E-state index in [-0.39, 0.29) is 12.6 Å². The molecule has 0 spiro atoms. The van der Waals surface area contributed by atoms with Gasteiger partial charge < -0.3 is 15.7 Å². The van der Waals surface area contributed by atoms with Crippen molar-refractivity contribution in [2.45, 2.75) is 31.9 Å². The summed E-state index contributed by atoms with van der Waals surface area (Å²) in [5.74, 6) is -0.635. The highest BCUT2D eigenvalue weighted by molar-refractivity contribution is 7.98. The number of amides is 2. The molecule has 6 heteroatoms. The first-order valence-corrected chi connectivity index (χ1v) is 8.60. The number of rotatable bonds is 7. The molecule has 2 amide bonds. The van der Waals surface area contributed by atoms with Gasteiger partial charge >= 0.3 is 11.8 Å². The van der Waals surface area contributed by atoms with Gasteiger partial charge in [-0.1, -0.05) is 30.3 Å². The van der Waals surface area contributed by atoms with Gasteiger partial charge in [-0.2, -0.15) is 11.8 Å². The maximum absolute atomic E-state index is 11.8. The molecule has 0 aliphatic heterocycles. The zero-order valence-electron chi connectivity index (χ0n) is 13.3. The Morgan fingerprint density at radius 2 is 1.91 bits per heavy atom. The molecule has 1 aromatic rings. The minimum atomic E-state index is -1.01. The molecule has 1 aromatic carbocycles. The Balaban J connectivity index is 2.44. The largest absolute Gasteiger partial charge is 0.388 e. The van der Waals surface area contributed by atoms with Crippen molar-refractivity contribution in [1.82, 2.24) is 10.6 Å². The van der Waals surface area contributed by atoms with Crippen molar-refractivity contribution >= 4 is 23.6 Å². The van der Waals surface area contributed by atoms with Crippen LogP contribution < -0.4 is 10.6 Å². The zero-order valence-corrected chi connectivity index (χ0v) is 14.1. The third-order valence-corrected chi connectivity index (χ3v) is 3.94. The van der Waals surface area contributed by atoms with Gasteiger partial charge in [0.05, 0.1) is 11.6 Å². The van der Waals surface area contributed by atoms with Crippen LogP contribution in [0.3, 0.4) is 0 Å². The van der Waals surface area contributed by atoms with Crippen molar-refractivity contribution in [2.24, 2.45) is 0 Å². The number of hydrogen-bond acceptors (Lipinski definition) is 4. The van der Waals surface area contributed by atoms with Crippen molar-refractivity contribution in [1.29, 1.82) is 0 Å². The second kappa shape index (κ2) is 8.80. The van der Waals surface area contributed by atoms with Crippen LogP contribution in [0.4, 0.5) is 0 Å². The van der Waals surface area contributed by atoms with Gasteiger partial charge in [0, 0.05) is 6.54 Å². The van der Waals surface area contributed by atoms with Crippen LogP contribution in [0.1, 0.15) is 31.9 Å². The Morgan fingerprint density at radius 1 is 1.27 bits per heavy atom. The van der Waals surface area contributed by atoms with Crippen molar-refractivity contribution in [3.63, 3.8) is 0 Å². The summed E-state index contributed by atoms with van der Waals surface area (Å²) in [6.07, 6.45) is 2.50. The topological polar surface area (TPSA) is 78.4 Å². The lowest BCUT2D eigenvalue weighted by Gasteiger charge is -2.23. The molecule has 0 aromatic heterocycles. The number of nitrogens with one attached hydrogen (secondary N) is 2. The molecule has 0 aliphatic carbocycles. The van der Waals surface area contributed by atoms with Crippen LogP contribution in [0.2, 0.25) is 0 Å². The third-order valence-electron chi connectivity index (χ3n) is 3.33. The van der Waals surface area contributed by atoms with Crippen molar-refractivity contribution in [2.75, 3.05) is 18.6 Å². The predicted molar refractivity (Wildman–Crippen MR) is 89.6 cm³/mol. The monoisotopic (exact) mass is 324 g/mol. The fourth-order valence-corrected chi connectivity index (χ4v) is 2.49. The van der Waals surface area contributed by atoms with E-state index in [0.29, 0.717) is 6.42 Å². The maximum Gasteiger partial charge on any atom is 0.309 e. The first-order valence-electron chi connectivity index (χ1n) is 7.20. The first kappa shape index (κ1) is 18.5. The Hall–Kier alpha value is -1.53. The predicted octanol–water partition coefficient (Wildman–Crippen LogP) is 1.48. The molecule has 2 atom stereocenters. The summed E-state index contributed by atoms with van der Waals surface area (Å²) in [5.41, 5.74) is -0.0834. The molecular formula is C16H24N2O3S. The van der Waals surface area contributed by atoms with Gasteiger partial charge in [0.2, 0.25) is 0 Å². The lowest BCUT2D eigenvalue weighted by Crippen LogP contribution is -2.47. The smallest absolute Gasteiger partial charge is 0.309 e. The van der Waals surface area contributed by atoms with Gasteiger partial charge in [0.25, 0.3) is 0 Å². The highest BCUT2D eigenvalue weighted by Crippen LogP contribution is 2.12. The maximum atomic E-state index is 11.8. The van der Waals surface area contributed by atoms with E-state index in [1.165, 1.54) is 0 Å². The van der Waals surface area contributed by atoms with E-state index in [4.69, 9.17) is 0 Å². The van der Waals surface area contributed by atoms with Gasteiger partial charge in [-0.05, 0) is 37.8 Å². The summed E-state index contributed by atoms with van der Waals surface area (Å²) in [4.78, 5) is 23.6. The summed E-state index contributed by atoms with van der Waals surface area (Å²) < 4.78 is 0. The Kier molecular flexibility index (Phi) is 7.41. The van der Waals surface area contributed by atoms with Crippen molar-refractivity contribution in [3.8, 4) is 0 Å². The lowest BCUT2D eigenvalue weighted by atomic mass is 10.0. The highest BCUT2D eigenvalue weighted by Gasteiger charge is 2.23. The molecular weight excluding hydrogens is 300 g/mol. The van der Waals surface area contributed by atoms with Gasteiger partial charge in [-0.3, -0.25) is 9.59 Å². The van der Waals surface area contributed by atoms with Gasteiger partial charge in [-0.15, -0.1) is 0 Å². The molecule has 0 saturated carbocycles. The van der Waals surface area contributed by atoms with E-state index in [1.807, 2.05) is 43.5 Å². The number of benzene rings is 1. The normalized spacial score (nSPS) is 14.7. The molecule has 0 heterocycles. The Morgan fingerprint density at radius 3 is 2.50 bits per heavy atom. The SMILES string of the molecule is CSCCC(C)(O)CNC(=O)C(=O)NC(C)c1ccccc1. The van der Waals surface area contributed by atoms with Crippen LogP contribution in [-0.2, 0) is 9.59 Å². The minimum absolute atomic E-state index is 0.0551. The molecule has 1 rings (SSSR count). The van der Waals surface area contributed by atoms with E-state index in [0.717, 1.165) is 11.3 Å². The number of thioether (sulfide) groups is 1. The number of hydrogen-bond donors (Lipinski definition) is 3. The van der Waals surface area contributed by atoms with Crippen LogP contribution in [0.15, 0.2) is 30.3 Å². The fraction of sp³-hybridized carbons (Fsp3) is 0.500. The molecule has 3 N–H and O–H groups in total. The standard InChI is InChI=1S/C16H24N2O3S/c1-12(13-7-5-4-6-8-13)18-15(20)14(19)17-11-16(2,21)9-10-22-3/h4-8,12,21H,9-11H2,1-3H3,(H,17,19)(H,18,20). The second-order valence-corrected chi connectivity index (χ2v) is 6.51. The minimum Gasteiger partial charge on any atom is -0.388 e. The summed E-state index contributed by atoms with van der Waals surface area (Å²) in [6.45, 7) is 3.52. The van der Waals surface area contributed by atoms with Crippen LogP contribution >= 0.6 is 11.8 Å². The number of aliphatic hydroxyl groups is 1. The number of carbonyl (C=O) groups excluding carboxylic acids is 2. The van der Waals surface area contributed by atoms with Crippen molar-refractivity contribution in [3.05, 3.63) is 35.9 Å². The zero-order chi connectivity index (χ0) is 16.6. The lowest BCUT2D eigenvalue weighted by molar-refractivity contribution is -0.140. The first-order chi connectivity index (χ1) is 10.4.